The Kier molecular flexibility index (Phi) is 7.41. The maximum Gasteiger partial charge on any atom is 0.244 e. The quantitative estimate of drug-likeness (QED) is 0.668. The molecule has 0 unspecified atom stereocenters. The van der Waals surface area contributed by atoms with Crippen molar-refractivity contribution >= 4 is 45.0 Å². The molecule has 2 aliphatic heterocycles. The topological polar surface area (TPSA) is 86.8 Å². The van der Waals surface area contributed by atoms with E-state index in [9.17, 15) is 18.0 Å². The number of nitrogens with zero attached hydrogens (tertiary/aromatic N) is 2. The average Bonchev–Trinajstić information content (AvgIpc) is 2.98. The van der Waals surface area contributed by atoms with Gasteiger partial charge in [-0.25, -0.2) is 8.42 Å². The molecule has 176 valence electrons. The van der Waals surface area contributed by atoms with Gasteiger partial charge in [0.2, 0.25) is 21.8 Å². The van der Waals surface area contributed by atoms with Crippen molar-refractivity contribution in [3.63, 3.8) is 0 Å². The summed E-state index contributed by atoms with van der Waals surface area (Å²) in [5.74, 6) is 0.0701. The van der Waals surface area contributed by atoms with E-state index in [4.69, 9.17) is 0 Å². The summed E-state index contributed by atoms with van der Waals surface area (Å²) < 4.78 is 27.9. The van der Waals surface area contributed by atoms with Gasteiger partial charge in [0.05, 0.1) is 10.6 Å². The zero-order valence-corrected chi connectivity index (χ0v) is 20.4. The molecule has 0 radical (unpaired) electrons. The number of sulfonamides is 1. The third-order valence-corrected chi connectivity index (χ3v) is 8.96. The van der Waals surface area contributed by atoms with E-state index in [2.05, 4.69) is 12.2 Å². The minimum atomic E-state index is -3.65. The first-order valence-corrected chi connectivity index (χ1v) is 13.8. The van der Waals surface area contributed by atoms with Crippen molar-refractivity contribution in [1.29, 1.82) is 0 Å². The smallest absolute Gasteiger partial charge is 0.244 e. The van der Waals surface area contributed by atoms with Crippen LogP contribution in [0.25, 0.3) is 0 Å². The lowest BCUT2D eigenvalue weighted by Gasteiger charge is -2.27. The molecule has 2 aromatic rings. The Labute approximate surface area is 199 Å². The van der Waals surface area contributed by atoms with Crippen LogP contribution in [0.15, 0.2) is 52.3 Å². The molecule has 2 heterocycles. The van der Waals surface area contributed by atoms with Gasteiger partial charge in [-0.2, -0.15) is 4.31 Å². The molecule has 2 aliphatic rings. The van der Waals surface area contributed by atoms with E-state index in [0.29, 0.717) is 30.2 Å². The highest BCUT2D eigenvalue weighted by Gasteiger charge is 2.30. The Bertz CT molecular complexity index is 1130. The molecular weight excluding hydrogens is 458 g/mol. The Balaban J connectivity index is 1.59. The van der Waals surface area contributed by atoms with Crippen molar-refractivity contribution in [2.75, 3.05) is 35.6 Å². The van der Waals surface area contributed by atoms with Crippen LogP contribution in [0.3, 0.4) is 0 Å². The lowest BCUT2D eigenvalue weighted by atomic mass is 10.1. The van der Waals surface area contributed by atoms with E-state index < -0.39 is 10.0 Å². The monoisotopic (exact) mass is 487 g/mol. The number of rotatable bonds is 6. The molecule has 2 amide bonds. The minimum Gasteiger partial charge on any atom is -0.325 e. The van der Waals surface area contributed by atoms with Gasteiger partial charge < -0.3 is 10.2 Å². The number of piperidine rings is 1. The molecule has 1 N–H and O–H groups in total. The molecule has 0 aliphatic carbocycles. The molecule has 1 fully saturated rings. The SMILES string of the molecule is CCc1ccc(NC(=O)CN2C(=O)CCSc3ccc(S(=O)(=O)N4CCCCC4)cc32)cc1. The fourth-order valence-corrected chi connectivity index (χ4v) is 6.62. The van der Waals surface area contributed by atoms with E-state index in [1.165, 1.54) is 26.5 Å². The summed E-state index contributed by atoms with van der Waals surface area (Å²) in [6.45, 7) is 2.91. The molecule has 0 aromatic heterocycles. The minimum absolute atomic E-state index is 0.166. The first-order chi connectivity index (χ1) is 15.9. The summed E-state index contributed by atoms with van der Waals surface area (Å²) in [7, 11) is -3.65. The van der Waals surface area contributed by atoms with Crippen LogP contribution in [0, 0.1) is 0 Å². The second-order valence-corrected chi connectivity index (χ2v) is 11.3. The number of carbonyl (C=O) groups is 2. The predicted octanol–water partition coefficient (Wildman–Crippen LogP) is 3.89. The van der Waals surface area contributed by atoms with Gasteiger partial charge in [-0.15, -0.1) is 11.8 Å². The maximum atomic E-state index is 13.2. The molecule has 9 heteroatoms. The van der Waals surface area contributed by atoms with Gasteiger partial charge in [0, 0.05) is 35.8 Å². The zero-order valence-electron chi connectivity index (χ0n) is 18.7. The number of nitrogens with one attached hydrogen (secondary N) is 1. The fourth-order valence-electron chi connectivity index (χ4n) is 4.10. The van der Waals surface area contributed by atoms with Gasteiger partial charge in [0.15, 0.2) is 0 Å². The van der Waals surface area contributed by atoms with Crippen molar-refractivity contribution in [2.24, 2.45) is 0 Å². The maximum absolute atomic E-state index is 13.2. The van der Waals surface area contributed by atoms with E-state index in [0.717, 1.165) is 30.6 Å². The van der Waals surface area contributed by atoms with Crippen molar-refractivity contribution in [3.05, 3.63) is 48.0 Å². The standard InChI is InChI=1S/C24H29N3O4S2/c1-2-18-6-8-19(9-7-18)25-23(28)17-27-21-16-20(10-11-22(21)32-15-12-24(27)29)33(30,31)26-13-4-3-5-14-26/h6-11,16H,2-5,12-15,17H2,1H3,(H,25,28). The number of amides is 2. The summed E-state index contributed by atoms with van der Waals surface area (Å²) in [4.78, 5) is 28.1. The van der Waals surface area contributed by atoms with Gasteiger partial charge in [0.1, 0.15) is 6.54 Å². The molecule has 4 rings (SSSR count). The highest BCUT2D eigenvalue weighted by atomic mass is 32.2. The summed E-state index contributed by atoms with van der Waals surface area (Å²) in [5.41, 5.74) is 2.32. The molecular formula is C24H29N3O4S2. The van der Waals surface area contributed by atoms with Gasteiger partial charge in [-0.3, -0.25) is 9.59 Å². The van der Waals surface area contributed by atoms with E-state index in [1.807, 2.05) is 24.3 Å². The van der Waals surface area contributed by atoms with Crippen LogP contribution in [-0.4, -0.2) is 49.9 Å². The number of aryl methyl sites for hydroxylation is 1. The zero-order chi connectivity index (χ0) is 23.4. The first kappa shape index (κ1) is 23.8. The van der Waals surface area contributed by atoms with Crippen molar-refractivity contribution < 1.29 is 18.0 Å². The van der Waals surface area contributed by atoms with Crippen molar-refractivity contribution in [3.8, 4) is 0 Å². The normalized spacial score (nSPS) is 17.4. The first-order valence-electron chi connectivity index (χ1n) is 11.3. The van der Waals surface area contributed by atoms with Gasteiger partial charge >= 0.3 is 0 Å². The Morgan fingerprint density at radius 2 is 1.79 bits per heavy atom. The number of hydrogen-bond donors (Lipinski definition) is 1. The number of hydrogen-bond acceptors (Lipinski definition) is 5. The van der Waals surface area contributed by atoms with Gasteiger partial charge in [-0.1, -0.05) is 25.5 Å². The molecule has 0 bridgehead atoms. The molecule has 7 nitrogen and oxygen atoms in total. The third kappa shape index (κ3) is 5.42. The molecule has 2 aromatic carbocycles. The number of carbonyl (C=O) groups excluding carboxylic acids is 2. The summed E-state index contributed by atoms with van der Waals surface area (Å²) in [5, 5.41) is 2.84. The summed E-state index contributed by atoms with van der Waals surface area (Å²) >= 11 is 1.50. The Hall–Kier alpha value is -2.36. The van der Waals surface area contributed by atoms with Crippen LogP contribution in [0.2, 0.25) is 0 Å². The summed E-state index contributed by atoms with van der Waals surface area (Å²) in [6.07, 6.45) is 3.93. The largest absolute Gasteiger partial charge is 0.325 e. The molecule has 0 spiro atoms. The number of fused-ring (bicyclic) bond motifs is 1. The summed E-state index contributed by atoms with van der Waals surface area (Å²) in [6, 6.07) is 12.5. The van der Waals surface area contributed by atoms with E-state index in [-0.39, 0.29) is 29.7 Å². The molecule has 1 saturated heterocycles. The average molecular weight is 488 g/mol. The number of benzene rings is 2. The molecule has 33 heavy (non-hydrogen) atoms. The Morgan fingerprint density at radius 3 is 2.48 bits per heavy atom. The van der Waals surface area contributed by atoms with Crippen LogP contribution in [-0.2, 0) is 26.0 Å². The number of thioether (sulfide) groups is 1. The second kappa shape index (κ2) is 10.3. The fraction of sp³-hybridized carbons (Fsp3) is 0.417. The van der Waals surface area contributed by atoms with Crippen molar-refractivity contribution in [1.82, 2.24) is 4.31 Å². The Morgan fingerprint density at radius 1 is 1.06 bits per heavy atom. The van der Waals surface area contributed by atoms with E-state index in [1.54, 1.807) is 18.2 Å². The van der Waals surface area contributed by atoms with Crippen LogP contribution in [0.1, 0.15) is 38.2 Å². The highest BCUT2D eigenvalue weighted by molar-refractivity contribution is 7.99. The second-order valence-electron chi connectivity index (χ2n) is 8.27. The van der Waals surface area contributed by atoms with Crippen LogP contribution >= 0.6 is 11.8 Å². The lowest BCUT2D eigenvalue weighted by molar-refractivity contribution is -0.121. The highest BCUT2D eigenvalue weighted by Crippen LogP contribution is 2.37. The molecule has 0 saturated carbocycles. The van der Waals surface area contributed by atoms with Gasteiger partial charge in [0.25, 0.3) is 0 Å². The van der Waals surface area contributed by atoms with Crippen molar-refractivity contribution in [2.45, 2.75) is 48.8 Å². The van der Waals surface area contributed by atoms with Crippen LogP contribution < -0.4 is 10.2 Å². The lowest BCUT2D eigenvalue weighted by Crippen LogP contribution is -2.38. The molecule has 0 atom stereocenters. The van der Waals surface area contributed by atoms with Gasteiger partial charge in [-0.05, 0) is 55.2 Å². The third-order valence-electron chi connectivity index (χ3n) is 6.00. The number of anilines is 2. The van der Waals surface area contributed by atoms with Crippen LogP contribution in [0.5, 0.6) is 0 Å². The van der Waals surface area contributed by atoms with E-state index >= 15 is 0 Å². The predicted molar refractivity (Wildman–Crippen MR) is 131 cm³/mol. The van der Waals surface area contributed by atoms with Crippen LogP contribution in [0.4, 0.5) is 11.4 Å².